The molecule has 8 nitrogen and oxygen atoms in total. The Labute approximate surface area is 196 Å². The molecule has 2 amide bonds. The number of sulfone groups is 1. The second kappa shape index (κ2) is 9.60. The van der Waals surface area contributed by atoms with Gasteiger partial charge in [-0.1, -0.05) is 24.3 Å². The Morgan fingerprint density at radius 1 is 1.03 bits per heavy atom. The van der Waals surface area contributed by atoms with Gasteiger partial charge in [0.2, 0.25) is 0 Å². The van der Waals surface area contributed by atoms with Crippen LogP contribution in [0.15, 0.2) is 67.0 Å². The molecule has 1 aliphatic rings. The van der Waals surface area contributed by atoms with E-state index in [1.807, 2.05) is 24.3 Å². The minimum Gasteiger partial charge on any atom is -0.478 e. The van der Waals surface area contributed by atoms with Crippen LogP contribution in [0.2, 0.25) is 0 Å². The summed E-state index contributed by atoms with van der Waals surface area (Å²) < 4.78 is 38.3. The van der Waals surface area contributed by atoms with Gasteiger partial charge in [-0.3, -0.25) is 9.88 Å². The van der Waals surface area contributed by atoms with Crippen molar-refractivity contribution in [2.45, 2.75) is 6.54 Å². The van der Waals surface area contributed by atoms with E-state index in [4.69, 9.17) is 5.11 Å². The molecule has 0 radical (unpaired) electrons. The molecule has 1 aromatic heterocycles. The van der Waals surface area contributed by atoms with Gasteiger partial charge in [0.25, 0.3) is 0 Å². The van der Waals surface area contributed by atoms with E-state index in [1.54, 1.807) is 24.5 Å². The molecule has 1 saturated heterocycles. The highest BCUT2D eigenvalue weighted by Crippen LogP contribution is 2.26. The van der Waals surface area contributed by atoms with Crippen molar-refractivity contribution in [3.8, 4) is 11.1 Å². The lowest BCUT2D eigenvalue weighted by molar-refractivity contribution is 0.0696. The van der Waals surface area contributed by atoms with E-state index in [0.29, 0.717) is 5.69 Å². The first-order valence-electron chi connectivity index (χ1n) is 10.5. The number of carboxylic acids is 1. The number of anilines is 1. The third-order valence-corrected chi connectivity index (χ3v) is 7.26. The standard InChI is InChI=1S/C24H22FN3O5S/c25-22-14-18(23(29)30)3-4-20(22)16-28(24(31)27-10-12-34(32,33)13-11-27)21-7-5-17(6-8-21)19-2-1-9-26-15-19/h1-9,14-15H,10-13,16H2,(H,29,30). The molecule has 0 bridgehead atoms. The highest BCUT2D eigenvalue weighted by Gasteiger charge is 2.29. The van der Waals surface area contributed by atoms with Gasteiger partial charge < -0.3 is 10.0 Å². The Balaban J connectivity index is 1.65. The van der Waals surface area contributed by atoms with Gasteiger partial charge in [0, 0.05) is 36.7 Å². The third-order valence-electron chi connectivity index (χ3n) is 5.65. The number of hydrogen-bond donors (Lipinski definition) is 1. The summed E-state index contributed by atoms with van der Waals surface area (Å²) in [6.45, 7) is -0.0577. The van der Waals surface area contributed by atoms with E-state index in [9.17, 15) is 22.4 Å². The number of benzene rings is 2. The van der Waals surface area contributed by atoms with Crippen LogP contribution in [0.3, 0.4) is 0 Å². The molecule has 176 valence electrons. The van der Waals surface area contributed by atoms with Crippen LogP contribution in [-0.2, 0) is 16.4 Å². The Morgan fingerprint density at radius 2 is 1.74 bits per heavy atom. The van der Waals surface area contributed by atoms with E-state index in [1.165, 1.54) is 21.9 Å². The number of carbonyl (C=O) groups is 2. The number of rotatable bonds is 5. The molecule has 1 fully saturated rings. The average molecular weight is 484 g/mol. The molecular weight excluding hydrogens is 461 g/mol. The summed E-state index contributed by atoms with van der Waals surface area (Å²) in [4.78, 5) is 31.4. The highest BCUT2D eigenvalue weighted by molar-refractivity contribution is 7.91. The molecule has 3 aromatic rings. The fraction of sp³-hybridized carbons (Fsp3) is 0.208. The van der Waals surface area contributed by atoms with Crippen molar-refractivity contribution < 1.29 is 27.5 Å². The Hall–Kier alpha value is -3.79. The van der Waals surface area contributed by atoms with Crippen LogP contribution in [0.4, 0.5) is 14.9 Å². The van der Waals surface area contributed by atoms with E-state index < -0.39 is 27.7 Å². The average Bonchev–Trinajstić information content (AvgIpc) is 2.83. The first kappa shape index (κ1) is 23.4. The summed E-state index contributed by atoms with van der Waals surface area (Å²) in [5.41, 5.74) is 2.21. The monoisotopic (exact) mass is 483 g/mol. The number of aromatic nitrogens is 1. The lowest BCUT2D eigenvalue weighted by Crippen LogP contribution is -2.49. The fourth-order valence-electron chi connectivity index (χ4n) is 3.69. The number of carbonyl (C=O) groups excluding carboxylic acids is 1. The summed E-state index contributed by atoms with van der Waals surface area (Å²) in [5, 5.41) is 9.09. The van der Waals surface area contributed by atoms with Crippen LogP contribution < -0.4 is 4.90 Å². The second-order valence-electron chi connectivity index (χ2n) is 7.91. The van der Waals surface area contributed by atoms with E-state index in [0.717, 1.165) is 17.2 Å². The summed E-state index contributed by atoms with van der Waals surface area (Å²) in [6.07, 6.45) is 3.38. The van der Waals surface area contributed by atoms with Crippen molar-refractivity contribution in [3.05, 3.63) is 83.9 Å². The number of urea groups is 1. The molecule has 1 aliphatic heterocycles. The van der Waals surface area contributed by atoms with E-state index >= 15 is 0 Å². The molecule has 2 heterocycles. The van der Waals surface area contributed by atoms with Gasteiger partial charge in [-0.15, -0.1) is 0 Å². The summed E-state index contributed by atoms with van der Waals surface area (Å²) in [6, 6.07) is 13.9. The minimum atomic E-state index is -3.19. The van der Waals surface area contributed by atoms with Crippen LogP contribution in [0.5, 0.6) is 0 Å². The van der Waals surface area contributed by atoms with Gasteiger partial charge in [-0.05, 0) is 41.5 Å². The summed E-state index contributed by atoms with van der Waals surface area (Å²) >= 11 is 0. The van der Waals surface area contributed by atoms with Crippen molar-refractivity contribution in [1.29, 1.82) is 0 Å². The maximum absolute atomic E-state index is 14.7. The van der Waals surface area contributed by atoms with Gasteiger partial charge in [0.05, 0.1) is 23.6 Å². The number of carboxylic acid groups (broad SMARTS) is 1. The van der Waals surface area contributed by atoms with Gasteiger partial charge in [-0.25, -0.2) is 22.4 Å². The van der Waals surface area contributed by atoms with Gasteiger partial charge >= 0.3 is 12.0 Å². The van der Waals surface area contributed by atoms with Crippen molar-refractivity contribution in [2.24, 2.45) is 0 Å². The Morgan fingerprint density at radius 3 is 2.32 bits per heavy atom. The zero-order chi connectivity index (χ0) is 24.3. The predicted octanol–water partition coefficient (Wildman–Crippen LogP) is 3.44. The maximum atomic E-state index is 14.7. The molecule has 2 aromatic carbocycles. The number of aromatic carboxylic acids is 1. The number of halogens is 1. The third kappa shape index (κ3) is 5.23. The molecule has 0 spiro atoms. The van der Waals surface area contributed by atoms with Gasteiger partial charge in [0.15, 0.2) is 9.84 Å². The molecule has 0 unspecified atom stereocenters. The van der Waals surface area contributed by atoms with Crippen molar-refractivity contribution in [3.63, 3.8) is 0 Å². The van der Waals surface area contributed by atoms with E-state index in [2.05, 4.69) is 4.98 Å². The topological polar surface area (TPSA) is 108 Å². The SMILES string of the molecule is O=C(O)c1ccc(CN(C(=O)N2CCS(=O)(=O)CC2)c2ccc(-c3cccnc3)cc2)c(F)c1. The number of hydrogen-bond acceptors (Lipinski definition) is 5. The van der Waals surface area contributed by atoms with Crippen LogP contribution in [0.25, 0.3) is 11.1 Å². The number of amides is 2. The van der Waals surface area contributed by atoms with Gasteiger partial charge in [0.1, 0.15) is 5.82 Å². The zero-order valence-electron chi connectivity index (χ0n) is 18.1. The maximum Gasteiger partial charge on any atom is 0.335 e. The first-order chi connectivity index (χ1) is 16.2. The lowest BCUT2D eigenvalue weighted by atomic mass is 10.1. The van der Waals surface area contributed by atoms with Crippen molar-refractivity contribution in [1.82, 2.24) is 9.88 Å². The molecule has 10 heteroatoms. The normalized spacial score (nSPS) is 15.0. The largest absolute Gasteiger partial charge is 0.478 e. The van der Waals surface area contributed by atoms with Crippen LogP contribution in [-0.4, -0.2) is 60.0 Å². The van der Waals surface area contributed by atoms with Crippen molar-refractivity contribution >= 4 is 27.5 Å². The van der Waals surface area contributed by atoms with Crippen molar-refractivity contribution in [2.75, 3.05) is 29.5 Å². The van der Waals surface area contributed by atoms with Crippen LogP contribution in [0.1, 0.15) is 15.9 Å². The molecule has 0 saturated carbocycles. The molecule has 0 atom stereocenters. The quantitative estimate of drug-likeness (QED) is 0.596. The highest BCUT2D eigenvalue weighted by atomic mass is 32.2. The molecule has 34 heavy (non-hydrogen) atoms. The van der Waals surface area contributed by atoms with Gasteiger partial charge in [-0.2, -0.15) is 0 Å². The molecular formula is C24H22FN3O5S. The molecule has 1 N–H and O–H groups in total. The number of pyridine rings is 1. The predicted molar refractivity (Wildman–Crippen MR) is 125 cm³/mol. The lowest BCUT2D eigenvalue weighted by Gasteiger charge is -2.33. The Kier molecular flexibility index (Phi) is 6.60. The fourth-order valence-corrected chi connectivity index (χ4v) is 4.89. The molecule has 0 aliphatic carbocycles. The minimum absolute atomic E-state index is 0.0475. The first-order valence-corrected chi connectivity index (χ1v) is 12.3. The zero-order valence-corrected chi connectivity index (χ0v) is 18.9. The summed E-state index contributed by atoms with van der Waals surface area (Å²) in [7, 11) is -3.19. The van der Waals surface area contributed by atoms with E-state index in [-0.39, 0.29) is 42.3 Å². The number of nitrogens with zero attached hydrogens (tertiary/aromatic N) is 3. The van der Waals surface area contributed by atoms with Crippen LogP contribution in [0, 0.1) is 5.82 Å². The second-order valence-corrected chi connectivity index (χ2v) is 10.2. The molecule has 4 rings (SSSR count). The van der Waals surface area contributed by atoms with Crippen LogP contribution >= 0.6 is 0 Å². The summed E-state index contributed by atoms with van der Waals surface area (Å²) in [5.74, 6) is -2.26. The smallest absolute Gasteiger partial charge is 0.335 e. The Bertz CT molecular complexity index is 1300.